The lowest BCUT2D eigenvalue weighted by Gasteiger charge is -2.14. The van der Waals surface area contributed by atoms with Gasteiger partial charge in [-0.3, -0.25) is 4.55 Å². The van der Waals surface area contributed by atoms with E-state index < -0.39 is 10.1 Å². The van der Waals surface area contributed by atoms with Gasteiger partial charge in [0.05, 0.1) is 10.6 Å². The molecule has 0 bridgehead atoms. The maximum absolute atomic E-state index is 11.0. The van der Waals surface area contributed by atoms with Gasteiger partial charge in [-0.05, 0) is 31.2 Å². The Hall–Kier alpha value is -2.46. The van der Waals surface area contributed by atoms with Crippen LogP contribution in [0.15, 0.2) is 44.5 Å². The monoisotopic (exact) mass is 310 g/mol. The van der Waals surface area contributed by atoms with Gasteiger partial charge in [0, 0.05) is 12.1 Å². The SMILES string of the molecule is CC1=NN(c2ccc(S(=O)(=O)O)cc2)C(=NN=C(N)N)C1. The fourth-order valence-corrected chi connectivity index (χ4v) is 2.21. The number of hydrogen-bond donors (Lipinski definition) is 3. The molecule has 1 heterocycles. The Kier molecular flexibility index (Phi) is 3.91. The highest BCUT2D eigenvalue weighted by atomic mass is 32.2. The second-order valence-electron chi connectivity index (χ2n) is 4.33. The third kappa shape index (κ3) is 3.55. The van der Waals surface area contributed by atoms with Crippen LogP contribution in [0.3, 0.4) is 0 Å². The van der Waals surface area contributed by atoms with Gasteiger partial charge in [0.15, 0.2) is 5.84 Å². The number of nitrogens with two attached hydrogens (primary N) is 2. The normalized spacial score (nSPS) is 17.0. The molecule has 9 nitrogen and oxygen atoms in total. The fraction of sp³-hybridized carbons (Fsp3) is 0.182. The molecule has 1 aromatic rings. The highest BCUT2D eigenvalue weighted by Gasteiger charge is 2.22. The number of guanidine groups is 1. The summed E-state index contributed by atoms with van der Waals surface area (Å²) < 4.78 is 31.0. The first-order valence-electron chi connectivity index (χ1n) is 5.84. The number of nitrogens with zero attached hydrogens (tertiary/aromatic N) is 4. The van der Waals surface area contributed by atoms with Crippen molar-refractivity contribution in [3.8, 4) is 0 Å². The minimum absolute atomic E-state index is 0.172. The molecule has 0 fully saturated rings. The summed E-state index contributed by atoms with van der Waals surface area (Å²) in [6, 6.07) is 5.53. The number of rotatable bonds is 3. The van der Waals surface area contributed by atoms with Crippen molar-refractivity contribution in [3.05, 3.63) is 24.3 Å². The molecule has 0 spiro atoms. The van der Waals surface area contributed by atoms with Crippen LogP contribution in [0, 0.1) is 0 Å². The molecule has 0 saturated heterocycles. The van der Waals surface area contributed by atoms with Crippen LogP contribution in [0.1, 0.15) is 13.3 Å². The van der Waals surface area contributed by atoms with Crippen LogP contribution in [0.4, 0.5) is 5.69 Å². The van der Waals surface area contributed by atoms with Crippen LogP contribution in [0.2, 0.25) is 0 Å². The van der Waals surface area contributed by atoms with E-state index in [1.807, 2.05) is 6.92 Å². The minimum atomic E-state index is -4.23. The van der Waals surface area contributed by atoms with E-state index in [0.29, 0.717) is 17.9 Å². The maximum Gasteiger partial charge on any atom is 0.294 e. The van der Waals surface area contributed by atoms with Crippen molar-refractivity contribution in [2.24, 2.45) is 26.8 Å². The van der Waals surface area contributed by atoms with E-state index in [1.165, 1.54) is 29.3 Å². The van der Waals surface area contributed by atoms with Crippen LogP contribution in [-0.2, 0) is 10.1 Å². The first kappa shape index (κ1) is 14.9. The smallest absolute Gasteiger partial charge is 0.294 e. The molecule has 1 aliphatic rings. The summed E-state index contributed by atoms with van der Waals surface area (Å²) in [7, 11) is -4.23. The Labute approximate surface area is 121 Å². The average Bonchev–Trinajstić information content (AvgIpc) is 2.77. The average molecular weight is 310 g/mol. The van der Waals surface area contributed by atoms with Crippen LogP contribution >= 0.6 is 0 Å². The number of anilines is 1. The number of hydrogen-bond acceptors (Lipinski definition) is 5. The summed E-state index contributed by atoms with van der Waals surface area (Å²) >= 11 is 0. The molecule has 0 radical (unpaired) electrons. The lowest BCUT2D eigenvalue weighted by atomic mass is 10.3. The molecule has 1 aromatic carbocycles. The zero-order valence-electron chi connectivity index (χ0n) is 11.1. The summed E-state index contributed by atoms with van der Waals surface area (Å²) in [4.78, 5) is -0.200. The van der Waals surface area contributed by atoms with E-state index in [4.69, 9.17) is 16.0 Å². The third-order valence-corrected chi connectivity index (χ3v) is 3.46. The summed E-state index contributed by atoms with van der Waals surface area (Å²) in [5.41, 5.74) is 11.8. The zero-order valence-corrected chi connectivity index (χ0v) is 11.9. The van der Waals surface area contributed by atoms with E-state index in [1.54, 1.807) is 0 Å². The van der Waals surface area contributed by atoms with Crippen molar-refractivity contribution in [2.75, 3.05) is 5.01 Å². The Morgan fingerprint density at radius 3 is 2.48 bits per heavy atom. The molecule has 1 aliphatic heterocycles. The predicted molar refractivity (Wildman–Crippen MR) is 79.7 cm³/mol. The van der Waals surface area contributed by atoms with E-state index in [9.17, 15) is 8.42 Å². The van der Waals surface area contributed by atoms with Crippen LogP contribution in [-0.4, -0.2) is 30.5 Å². The highest BCUT2D eigenvalue weighted by Crippen LogP contribution is 2.23. The molecule has 5 N–H and O–H groups in total. The lowest BCUT2D eigenvalue weighted by Crippen LogP contribution is -2.24. The lowest BCUT2D eigenvalue weighted by molar-refractivity contribution is 0.483. The van der Waals surface area contributed by atoms with Gasteiger partial charge < -0.3 is 11.5 Å². The van der Waals surface area contributed by atoms with Crippen molar-refractivity contribution in [1.29, 1.82) is 0 Å². The van der Waals surface area contributed by atoms with Gasteiger partial charge in [0.1, 0.15) is 0 Å². The van der Waals surface area contributed by atoms with E-state index >= 15 is 0 Å². The van der Waals surface area contributed by atoms with Crippen LogP contribution in [0.5, 0.6) is 0 Å². The molecular weight excluding hydrogens is 296 g/mol. The molecule has 0 aromatic heterocycles. The summed E-state index contributed by atoms with van der Waals surface area (Å²) in [6.07, 6.45) is 0.469. The van der Waals surface area contributed by atoms with Gasteiger partial charge in [-0.25, -0.2) is 5.01 Å². The molecule has 10 heteroatoms. The van der Waals surface area contributed by atoms with Crippen molar-refractivity contribution in [3.63, 3.8) is 0 Å². The Balaban J connectivity index is 2.35. The van der Waals surface area contributed by atoms with Crippen LogP contribution < -0.4 is 16.5 Å². The van der Waals surface area contributed by atoms with Crippen LogP contribution in [0.25, 0.3) is 0 Å². The molecule has 0 unspecified atom stereocenters. The topological polar surface area (TPSA) is 147 Å². The molecule has 0 atom stereocenters. The zero-order chi connectivity index (χ0) is 15.6. The van der Waals surface area contributed by atoms with E-state index in [0.717, 1.165) is 5.71 Å². The Bertz CT molecular complexity index is 732. The van der Waals surface area contributed by atoms with Gasteiger partial charge >= 0.3 is 0 Å². The van der Waals surface area contributed by atoms with Gasteiger partial charge in [0.2, 0.25) is 5.96 Å². The molecule has 2 rings (SSSR count). The molecule has 21 heavy (non-hydrogen) atoms. The second kappa shape index (κ2) is 5.50. The number of hydrazone groups is 1. The van der Waals surface area contributed by atoms with E-state index in [-0.39, 0.29) is 10.9 Å². The van der Waals surface area contributed by atoms with Gasteiger partial charge in [-0.15, -0.1) is 10.2 Å². The van der Waals surface area contributed by atoms with Gasteiger partial charge in [0.25, 0.3) is 10.1 Å². The highest BCUT2D eigenvalue weighted by molar-refractivity contribution is 7.85. The quantitative estimate of drug-likeness (QED) is 0.312. The largest absolute Gasteiger partial charge is 0.369 e. The minimum Gasteiger partial charge on any atom is -0.369 e. The number of amidine groups is 1. The van der Waals surface area contributed by atoms with Crippen molar-refractivity contribution >= 4 is 33.3 Å². The molecule has 0 amide bonds. The number of benzene rings is 1. The Morgan fingerprint density at radius 2 is 1.95 bits per heavy atom. The fourth-order valence-electron chi connectivity index (χ4n) is 1.73. The van der Waals surface area contributed by atoms with E-state index in [2.05, 4.69) is 15.3 Å². The molecule has 0 saturated carbocycles. The van der Waals surface area contributed by atoms with Crippen molar-refractivity contribution in [2.45, 2.75) is 18.2 Å². The second-order valence-corrected chi connectivity index (χ2v) is 5.76. The first-order chi connectivity index (χ1) is 9.77. The standard InChI is InChI=1S/C11H14N6O3S/c1-7-6-10(14-15-11(12)13)17(16-7)8-2-4-9(5-3-8)21(18,19)20/h2-5H,6H2,1H3,(H4,12,13,15)(H,18,19,20). The first-order valence-corrected chi connectivity index (χ1v) is 7.28. The summed E-state index contributed by atoms with van der Waals surface area (Å²) in [5.74, 6) is 0.328. The molecule has 112 valence electrons. The summed E-state index contributed by atoms with van der Waals surface area (Å²) in [5, 5.41) is 13.2. The molecular formula is C11H14N6O3S. The molecule has 0 aliphatic carbocycles. The van der Waals surface area contributed by atoms with Crippen molar-refractivity contribution < 1.29 is 13.0 Å². The predicted octanol–water partition coefficient (Wildman–Crippen LogP) is 0.106. The Morgan fingerprint density at radius 1 is 1.33 bits per heavy atom. The maximum atomic E-state index is 11.0. The van der Waals surface area contributed by atoms with Gasteiger partial charge in [-0.1, -0.05) is 0 Å². The third-order valence-electron chi connectivity index (χ3n) is 2.59. The van der Waals surface area contributed by atoms with Gasteiger partial charge in [-0.2, -0.15) is 13.5 Å². The summed E-state index contributed by atoms with van der Waals surface area (Å²) in [6.45, 7) is 1.82. The van der Waals surface area contributed by atoms with Crippen molar-refractivity contribution in [1.82, 2.24) is 0 Å².